The van der Waals surface area contributed by atoms with Gasteiger partial charge in [0.25, 0.3) is 0 Å². The van der Waals surface area contributed by atoms with Gasteiger partial charge in [-0.25, -0.2) is 0 Å². The average Bonchev–Trinajstić information content (AvgIpc) is 3.33. The second-order valence-corrected chi connectivity index (χ2v) is 20.4. The maximum Gasteiger partial charge on any atom is 0.220 e. The molecule has 0 aromatic rings. The van der Waals surface area contributed by atoms with E-state index >= 15 is 0 Å². The van der Waals surface area contributed by atoms with Crippen LogP contribution in [0.4, 0.5) is 0 Å². The molecule has 0 radical (unpaired) electrons. The van der Waals surface area contributed by atoms with E-state index in [2.05, 4.69) is 67.8 Å². The first-order valence-electron chi connectivity index (χ1n) is 30.0. The van der Waals surface area contributed by atoms with Gasteiger partial charge in [-0.1, -0.05) is 312 Å². The molecule has 4 heteroatoms. The number of aliphatic hydroxyl groups excluding tert-OH is 2. The van der Waals surface area contributed by atoms with Crippen molar-refractivity contribution in [1.82, 2.24) is 5.32 Å². The lowest BCUT2D eigenvalue weighted by Gasteiger charge is -2.20. The summed E-state index contributed by atoms with van der Waals surface area (Å²) in [5.41, 5.74) is 0. The standard InChI is InChI=1S/C63H117NO3/c1-3-5-7-9-11-13-15-17-19-21-23-25-27-28-29-30-31-32-33-34-35-37-38-40-42-44-46-48-50-52-54-56-58-62(66)61(60-65)64-63(67)59-57-55-53-51-49-47-45-43-41-39-36-26-24-22-20-18-16-14-12-10-8-6-4-2/h6,8,12,14,18,20,24,26,56,58,61-62,65-66H,3-5,7,9-11,13,15-17,19,21-23,25,27-55,57,59-60H2,1-2H3,(H,64,67)/b8-6-,14-12-,20-18-,26-24-,58-56+. The van der Waals surface area contributed by atoms with Crippen molar-refractivity contribution in [3.8, 4) is 0 Å². The zero-order valence-electron chi connectivity index (χ0n) is 45.2. The first kappa shape index (κ1) is 65.1. The zero-order chi connectivity index (χ0) is 48.5. The number of allylic oxidation sites excluding steroid dienone is 9. The molecule has 0 saturated carbocycles. The summed E-state index contributed by atoms with van der Waals surface area (Å²) in [4.78, 5) is 12.5. The molecule has 392 valence electrons. The van der Waals surface area contributed by atoms with E-state index in [-0.39, 0.29) is 12.5 Å². The fourth-order valence-electron chi connectivity index (χ4n) is 9.23. The van der Waals surface area contributed by atoms with Crippen molar-refractivity contribution in [3.63, 3.8) is 0 Å². The Hall–Kier alpha value is -1.91. The van der Waals surface area contributed by atoms with Crippen LogP contribution in [0.15, 0.2) is 60.8 Å². The fourth-order valence-corrected chi connectivity index (χ4v) is 9.23. The van der Waals surface area contributed by atoms with Crippen molar-refractivity contribution in [2.24, 2.45) is 0 Å². The van der Waals surface area contributed by atoms with Crippen molar-refractivity contribution in [1.29, 1.82) is 0 Å². The van der Waals surface area contributed by atoms with E-state index in [1.807, 2.05) is 6.08 Å². The minimum Gasteiger partial charge on any atom is -0.394 e. The Kier molecular flexibility index (Phi) is 56.7. The number of carbonyl (C=O) groups excluding carboxylic acids is 1. The van der Waals surface area contributed by atoms with Crippen LogP contribution in [-0.4, -0.2) is 34.9 Å². The van der Waals surface area contributed by atoms with Crippen molar-refractivity contribution in [3.05, 3.63) is 60.8 Å². The van der Waals surface area contributed by atoms with Crippen LogP contribution in [0.1, 0.15) is 316 Å². The van der Waals surface area contributed by atoms with E-state index in [0.29, 0.717) is 6.42 Å². The summed E-state index contributed by atoms with van der Waals surface area (Å²) in [6, 6.07) is -0.629. The van der Waals surface area contributed by atoms with Gasteiger partial charge < -0.3 is 15.5 Å². The van der Waals surface area contributed by atoms with E-state index in [4.69, 9.17) is 0 Å². The highest BCUT2D eigenvalue weighted by Gasteiger charge is 2.18. The van der Waals surface area contributed by atoms with Crippen LogP contribution < -0.4 is 5.32 Å². The molecule has 0 rings (SSSR count). The Balaban J connectivity index is 3.47. The highest BCUT2D eigenvalue weighted by molar-refractivity contribution is 5.76. The molecule has 0 heterocycles. The van der Waals surface area contributed by atoms with Gasteiger partial charge in [-0.3, -0.25) is 4.79 Å². The van der Waals surface area contributed by atoms with Crippen LogP contribution in [0, 0.1) is 0 Å². The highest BCUT2D eigenvalue weighted by Crippen LogP contribution is 2.18. The quantitative estimate of drug-likeness (QED) is 0.0420. The number of rotatable bonds is 55. The van der Waals surface area contributed by atoms with Crippen molar-refractivity contribution >= 4 is 5.91 Å². The fraction of sp³-hybridized carbons (Fsp3) is 0.825. The van der Waals surface area contributed by atoms with Crippen molar-refractivity contribution in [2.75, 3.05) is 6.61 Å². The zero-order valence-corrected chi connectivity index (χ0v) is 45.2. The number of amides is 1. The van der Waals surface area contributed by atoms with Crippen LogP contribution in [-0.2, 0) is 4.79 Å². The van der Waals surface area contributed by atoms with E-state index in [1.165, 1.54) is 244 Å². The van der Waals surface area contributed by atoms with E-state index in [1.54, 1.807) is 6.08 Å². The maximum absolute atomic E-state index is 12.5. The average molecular weight is 937 g/mol. The van der Waals surface area contributed by atoms with Crippen LogP contribution >= 0.6 is 0 Å². The molecule has 0 aliphatic carbocycles. The Labute approximate surface area is 419 Å². The van der Waals surface area contributed by atoms with Gasteiger partial charge in [-0.2, -0.15) is 0 Å². The molecule has 3 N–H and O–H groups in total. The predicted octanol–water partition coefficient (Wildman–Crippen LogP) is 20.0. The monoisotopic (exact) mass is 936 g/mol. The van der Waals surface area contributed by atoms with Gasteiger partial charge >= 0.3 is 0 Å². The van der Waals surface area contributed by atoms with Gasteiger partial charge in [0.15, 0.2) is 0 Å². The maximum atomic E-state index is 12.5. The summed E-state index contributed by atoms with van der Waals surface area (Å²) in [6.07, 6.45) is 82.6. The molecule has 0 aliphatic heterocycles. The van der Waals surface area contributed by atoms with E-state index in [0.717, 1.165) is 51.4 Å². The third-order valence-electron chi connectivity index (χ3n) is 13.8. The van der Waals surface area contributed by atoms with E-state index < -0.39 is 12.1 Å². The smallest absolute Gasteiger partial charge is 0.220 e. The van der Waals surface area contributed by atoms with Crippen LogP contribution in [0.2, 0.25) is 0 Å². The summed E-state index contributed by atoms with van der Waals surface area (Å²) in [7, 11) is 0. The minimum atomic E-state index is -0.845. The van der Waals surface area contributed by atoms with Crippen LogP contribution in [0.3, 0.4) is 0 Å². The lowest BCUT2D eigenvalue weighted by atomic mass is 10.0. The Morgan fingerprint density at radius 2 is 0.657 bits per heavy atom. The number of hydrogen-bond acceptors (Lipinski definition) is 3. The van der Waals surface area contributed by atoms with Gasteiger partial charge in [0.1, 0.15) is 0 Å². The van der Waals surface area contributed by atoms with Crippen LogP contribution in [0.5, 0.6) is 0 Å². The lowest BCUT2D eigenvalue weighted by Crippen LogP contribution is -2.45. The minimum absolute atomic E-state index is 0.0668. The third kappa shape index (κ3) is 54.9. The molecule has 0 spiro atoms. The van der Waals surface area contributed by atoms with E-state index in [9.17, 15) is 15.0 Å². The molecule has 0 aromatic heterocycles. The first-order valence-corrected chi connectivity index (χ1v) is 30.0. The summed E-state index contributed by atoms with van der Waals surface area (Å²) in [5, 5.41) is 23.2. The van der Waals surface area contributed by atoms with Gasteiger partial charge in [0, 0.05) is 6.42 Å². The van der Waals surface area contributed by atoms with Gasteiger partial charge in [0.05, 0.1) is 18.8 Å². The topological polar surface area (TPSA) is 69.6 Å². The molecule has 0 aliphatic rings. The van der Waals surface area contributed by atoms with Crippen molar-refractivity contribution < 1.29 is 15.0 Å². The summed E-state index contributed by atoms with van der Waals surface area (Å²) in [6.45, 7) is 4.22. The Morgan fingerprint density at radius 3 is 0.985 bits per heavy atom. The molecule has 1 amide bonds. The van der Waals surface area contributed by atoms with Gasteiger partial charge in [0.2, 0.25) is 5.91 Å². The molecule has 2 atom stereocenters. The molecule has 2 unspecified atom stereocenters. The Morgan fingerprint density at radius 1 is 0.373 bits per heavy atom. The number of aliphatic hydroxyl groups is 2. The van der Waals surface area contributed by atoms with Crippen LogP contribution in [0.25, 0.3) is 0 Å². The SMILES string of the molecule is CC/C=C\C/C=C\C/C=C\C/C=C\CCCCCCCCCCCCC(=O)NC(CO)C(O)/C=C/CCCCCCCCCCCCCCCCCCCCCCCCCCCCCCCC. The molecular weight excluding hydrogens is 819 g/mol. The largest absolute Gasteiger partial charge is 0.394 e. The number of hydrogen-bond donors (Lipinski definition) is 3. The summed E-state index contributed by atoms with van der Waals surface area (Å²) >= 11 is 0. The first-order chi connectivity index (χ1) is 33.2. The highest BCUT2D eigenvalue weighted by atomic mass is 16.3. The number of unbranched alkanes of at least 4 members (excludes halogenated alkanes) is 40. The number of nitrogens with one attached hydrogen (secondary N) is 1. The molecular formula is C63H117NO3. The second-order valence-electron chi connectivity index (χ2n) is 20.4. The molecule has 0 aromatic carbocycles. The van der Waals surface area contributed by atoms with Gasteiger partial charge in [-0.15, -0.1) is 0 Å². The molecule has 0 saturated heterocycles. The number of carbonyl (C=O) groups is 1. The Bertz CT molecular complexity index is 1110. The molecule has 4 nitrogen and oxygen atoms in total. The van der Waals surface area contributed by atoms with Crippen molar-refractivity contribution in [2.45, 2.75) is 328 Å². The van der Waals surface area contributed by atoms with Gasteiger partial charge in [-0.05, 0) is 57.8 Å². The summed E-state index contributed by atoms with van der Waals surface area (Å²) < 4.78 is 0. The third-order valence-corrected chi connectivity index (χ3v) is 13.8. The lowest BCUT2D eigenvalue weighted by molar-refractivity contribution is -0.123. The molecule has 67 heavy (non-hydrogen) atoms. The second kappa shape index (κ2) is 58.4. The predicted molar refractivity (Wildman–Crippen MR) is 299 cm³/mol. The molecule has 0 bridgehead atoms. The molecule has 0 fully saturated rings. The summed E-state index contributed by atoms with van der Waals surface area (Å²) in [5.74, 6) is -0.0668. The normalized spacial score (nSPS) is 13.2.